The van der Waals surface area contributed by atoms with E-state index in [-0.39, 0.29) is 5.82 Å². The molecule has 1 saturated carbocycles. The van der Waals surface area contributed by atoms with Crippen LogP contribution < -0.4 is 5.32 Å². The predicted molar refractivity (Wildman–Crippen MR) is 85.8 cm³/mol. The Balaban J connectivity index is 1.84. The van der Waals surface area contributed by atoms with Gasteiger partial charge in [0.2, 0.25) is 0 Å². The molecule has 2 rings (SSSR count). The lowest BCUT2D eigenvalue weighted by Gasteiger charge is -2.21. The van der Waals surface area contributed by atoms with Gasteiger partial charge in [0, 0.05) is 16.7 Å². The first-order valence-corrected chi connectivity index (χ1v) is 8.89. The summed E-state index contributed by atoms with van der Waals surface area (Å²) in [6.45, 7) is 3.26. The first kappa shape index (κ1) is 15.8. The minimum absolute atomic E-state index is 0.0902. The van der Waals surface area contributed by atoms with Crippen molar-refractivity contribution in [2.24, 2.45) is 5.92 Å². The zero-order chi connectivity index (χ0) is 14.2. The number of thioether (sulfide) groups is 1. The fraction of sp³-hybridized carbons (Fsp3) is 0.647. The maximum Gasteiger partial charge on any atom is 0.136 e. The summed E-state index contributed by atoms with van der Waals surface area (Å²) in [5.41, 5.74) is 0. The molecular formula is C17H26FNS. The SMILES string of the molecule is CCCNC(CSc1ccccc1F)CC1CCCC1. The second-order valence-electron chi connectivity index (χ2n) is 5.78. The molecule has 20 heavy (non-hydrogen) atoms. The Bertz CT molecular complexity index is 390. The Hall–Kier alpha value is -0.540. The summed E-state index contributed by atoms with van der Waals surface area (Å²) in [6.07, 6.45) is 7.97. The van der Waals surface area contributed by atoms with Crippen molar-refractivity contribution in [1.82, 2.24) is 5.32 Å². The van der Waals surface area contributed by atoms with Gasteiger partial charge in [0.1, 0.15) is 5.82 Å². The van der Waals surface area contributed by atoms with Crippen molar-refractivity contribution >= 4 is 11.8 Å². The Morgan fingerprint density at radius 1 is 1.30 bits per heavy atom. The number of benzene rings is 1. The summed E-state index contributed by atoms with van der Waals surface area (Å²) < 4.78 is 13.7. The molecule has 0 radical (unpaired) electrons. The molecule has 1 aliphatic rings. The van der Waals surface area contributed by atoms with Crippen LogP contribution in [0.3, 0.4) is 0 Å². The van der Waals surface area contributed by atoms with Crippen LogP contribution in [0.4, 0.5) is 4.39 Å². The summed E-state index contributed by atoms with van der Waals surface area (Å²) in [7, 11) is 0. The van der Waals surface area contributed by atoms with Crippen molar-refractivity contribution in [2.45, 2.75) is 56.4 Å². The molecule has 1 aromatic rings. The first-order chi connectivity index (χ1) is 9.79. The molecule has 1 unspecified atom stereocenters. The minimum atomic E-state index is -0.0902. The van der Waals surface area contributed by atoms with Gasteiger partial charge in [0.15, 0.2) is 0 Å². The number of hydrogen-bond donors (Lipinski definition) is 1. The highest BCUT2D eigenvalue weighted by atomic mass is 32.2. The summed E-state index contributed by atoms with van der Waals surface area (Å²) >= 11 is 1.65. The zero-order valence-electron chi connectivity index (χ0n) is 12.4. The van der Waals surface area contributed by atoms with Crippen LogP contribution in [-0.2, 0) is 0 Å². The summed E-state index contributed by atoms with van der Waals surface area (Å²) in [5.74, 6) is 1.76. The molecule has 0 bridgehead atoms. The predicted octanol–water partition coefficient (Wildman–Crippen LogP) is 4.87. The fourth-order valence-electron chi connectivity index (χ4n) is 2.96. The number of halogens is 1. The summed E-state index contributed by atoms with van der Waals surface area (Å²) in [4.78, 5) is 0.780. The number of hydrogen-bond acceptors (Lipinski definition) is 2. The number of nitrogens with one attached hydrogen (secondary N) is 1. The fourth-order valence-corrected chi connectivity index (χ4v) is 3.97. The molecule has 1 fully saturated rings. The van der Waals surface area contributed by atoms with Crippen LogP contribution in [0.15, 0.2) is 29.2 Å². The summed E-state index contributed by atoms with van der Waals surface area (Å²) in [5, 5.41) is 3.64. The second-order valence-corrected chi connectivity index (χ2v) is 6.84. The van der Waals surface area contributed by atoms with Crippen molar-refractivity contribution in [3.63, 3.8) is 0 Å². The van der Waals surface area contributed by atoms with Crippen molar-refractivity contribution in [1.29, 1.82) is 0 Å². The molecule has 1 nitrogen and oxygen atoms in total. The van der Waals surface area contributed by atoms with Gasteiger partial charge in [-0.25, -0.2) is 4.39 Å². The van der Waals surface area contributed by atoms with E-state index in [9.17, 15) is 4.39 Å². The average Bonchev–Trinajstić information content (AvgIpc) is 2.96. The number of rotatable bonds is 8. The maximum absolute atomic E-state index is 13.7. The molecule has 0 aromatic heterocycles. The van der Waals surface area contributed by atoms with Crippen LogP contribution in [0.25, 0.3) is 0 Å². The third-order valence-corrected chi connectivity index (χ3v) is 5.26. The van der Waals surface area contributed by atoms with E-state index in [0.29, 0.717) is 6.04 Å². The Morgan fingerprint density at radius 2 is 2.05 bits per heavy atom. The molecular weight excluding hydrogens is 269 g/mol. The smallest absolute Gasteiger partial charge is 0.136 e. The minimum Gasteiger partial charge on any atom is -0.313 e. The average molecular weight is 295 g/mol. The first-order valence-electron chi connectivity index (χ1n) is 7.90. The maximum atomic E-state index is 13.7. The van der Waals surface area contributed by atoms with Gasteiger partial charge in [-0.3, -0.25) is 0 Å². The third-order valence-electron chi connectivity index (χ3n) is 4.05. The van der Waals surface area contributed by atoms with E-state index in [1.165, 1.54) is 32.1 Å². The van der Waals surface area contributed by atoms with E-state index >= 15 is 0 Å². The van der Waals surface area contributed by atoms with Crippen molar-refractivity contribution < 1.29 is 4.39 Å². The van der Waals surface area contributed by atoms with E-state index in [1.54, 1.807) is 23.9 Å². The molecule has 1 aliphatic carbocycles. The van der Waals surface area contributed by atoms with E-state index in [1.807, 2.05) is 12.1 Å². The Kier molecular flexibility index (Phi) is 6.88. The van der Waals surface area contributed by atoms with Crippen LogP contribution >= 0.6 is 11.8 Å². The largest absolute Gasteiger partial charge is 0.313 e. The molecule has 0 heterocycles. The van der Waals surface area contributed by atoms with E-state index in [4.69, 9.17) is 0 Å². The molecule has 0 spiro atoms. The highest BCUT2D eigenvalue weighted by Crippen LogP contribution is 2.30. The lowest BCUT2D eigenvalue weighted by molar-refractivity contribution is 0.410. The third kappa shape index (κ3) is 5.10. The van der Waals surface area contributed by atoms with Gasteiger partial charge in [-0.05, 0) is 37.4 Å². The van der Waals surface area contributed by atoms with Crippen molar-refractivity contribution in [3.8, 4) is 0 Å². The van der Waals surface area contributed by atoms with Crippen LogP contribution in [0.1, 0.15) is 45.4 Å². The zero-order valence-corrected chi connectivity index (χ0v) is 13.2. The normalized spacial score (nSPS) is 17.5. The molecule has 1 N–H and O–H groups in total. The topological polar surface area (TPSA) is 12.0 Å². The molecule has 1 aromatic carbocycles. The molecule has 0 amide bonds. The lowest BCUT2D eigenvalue weighted by atomic mass is 9.99. The molecule has 112 valence electrons. The van der Waals surface area contributed by atoms with Crippen LogP contribution in [0, 0.1) is 11.7 Å². The van der Waals surface area contributed by atoms with Gasteiger partial charge in [0.05, 0.1) is 0 Å². The van der Waals surface area contributed by atoms with Gasteiger partial charge in [0.25, 0.3) is 0 Å². The standard InChI is InChI=1S/C17H26FNS/c1-2-11-19-15(12-14-7-3-4-8-14)13-20-17-10-6-5-9-16(17)18/h5-6,9-10,14-15,19H,2-4,7-8,11-13H2,1H3. The van der Waals surface area contributed by atoms with Gasteiger partial charge in [-0.1, -0.05) is 44.7 Å². The molecule has 3 heteroatoms. The Morgan fingerprint density at radius 3 is 2.75 bits per heavy atom. The van der Waals surface area contributed by atoms with E-state index in [2.05, 4.69) is 12.2 Å². The van der Waals surface area contributed by atoms with Crippen molar-refractivity contribution in [3.05, 3.63) is 30.1 Å². The second kappa shape index (κ2) is 8.68. The highest BCUT2D eigenvalue weighted by molar-refractivity contribution is 7.99. The van der Waals surface area contributed by atoms with Crippen LogP contribution in [0.5, 0.6) is 0 Å². The van der Waals surface area contributed by atoms with Gasteiger partial charge in [-0.2, -0.15) is 0 Å². The molecule has 0 aliphatic heterocycles. The van der Waals surface area contributed by atoms with Crippen LogP contribution in [0.2, 0.25) is 0 Å². The molecule has 0 saturated heterocycles. The van der Waals surface area contributed by atoms with Gasteiger partial charge < -0.3 is 5.32 Å². The van der Waals surface area contributed by atoms with E-state index < -0.39 is 0 Å². The van der Waals surface area contributed by atoms with Crippen LogP contribution in [-0.4, -0.2) is 18.3 Å². The quantitative estimate of drug-likeness (QED) is 0.687. The monoisotopic (exact) mass is 295 g/mol. The molecule has 1 atom stereocenters. The van der Waals surface area contributed by atoms with Crippen molar-refractivity contribution in [2.75, 3.05) is 12.3 Å². The van der Waals surface area contributed by atoms with Gasteiger partial charge >= 0.3 is 0 Å². The lowest BCUT2D eigenvalue weighted by Crippen LogP contribution is -2.33. The van der Waals surface area contributed by atoms with E-state index in [0.717, 1.165) is 29.5 Å². The highest BCUT2D eigenvalue weighted by Gasteiger charge is 2.20. The Labute approximate surface area is 126 Å². The van der Waals surface area contributed by atoms with Gasteiger partial charge in [-0.15, -0.1) is 11.8 Å². The summed E-state index contributed by atoms with van der Waals surface area (Å²) in [6, 6.07) is 7.62.